The van der Waals surface area contributed by atoms with E-state index in [0.29, 0.717) is 35.1 Å². The third-order valence-electron chi connectivity index (χ3n) is 5.52. The van der Waals surface area contributed by atoms with E-state index in [1.165, 1.54) is 4.90 Å². The van der Waals surface area contributed by atoms with Gasteiger partial charge in [-0.1, -0.05) is 37.3 Å². The number of anilines is 1. The van der Waals surface area contributed by atoms with Gasteiger partial charge in [0.05, 0.1) is 12.2 Å². The number of amides is 1. The number of hydrogen-bond donors (Lipinski definition) is 1. The summed E-state index contributed by atoms with van der Waals surface area (Å²) < 4.78 is 11.4. The quantitative estimate of drug-likeness (QED) is 0.331. The Kier molecular flexibility index (Phi) is 5.86. The lowest BCUT2D eigenvalue weighted by molar-refractivity contribution is -0.132. The van der Waals surface area contributed by atoms with Crippen LogP contribution in [0.2, 0.25) is 0 Å². The first kappa shape index (κ1) is 21.4. The lowest BCUT2D eigenvalue weighted by Gasteiger charge is -2.24. The number of aliphatic hydroxyl groups is 1. The van der Waals surface area contributed by atoms with Crippen molar-refractivity contribution in [3.63, 3.8) is 0 Å². The highest BCUT2D eigenvalue weighted by Gasteiger charge is 2.48. The Morgan fingerprint density at radius 2 is 1.81 bits per heavy atom. The number of aliphatic hydroxyl groups excluding tert-OH is 1. The first-order valence-electron chi connectivity index (χ1n) is 10.6. The molecule has 6 heteroatoms. The zero-order valence-electron chi connectivity index (χ0n) is 18.3. The average molecular weight is 431 g/mol. The molecule has 1 aliphatic heterocycles. The van der Waals surface area contributed by atoms with E-state index in [9.17, 15) is 14.7 Å². The molecule has 1 fully saturated rings. The summed E-state index contributed by atoms with van der Waals surface area (Å²) in [5.74, 6) is -0.103. The minimum absolute atomic E-state index is 0.00425. The molecule has 1 unspecified atom stereocenters. The van der Waals surface area contributed by atoms with Crippen LogP contribution < -0.4 is 9.64 Å². The molecule has 1 amide bonds. The maximum absolute atomic E-state index is 13.2. The number of furan rings is 1. The van der Waals surface area contributed by atoms with Gasteiger partial charge in [0, 0.05) is 17.3 Å². The summed E-state index contributed by atoms with van der Waals surface area (Å²) in [5, 5.41) is 11.1. The van der Waals surface area contributed by atoms with E-state index in [0.717, 1.165) is 12.0 Å². The number of carbonyl (C=O) groups excluding carboxylic acids is 2. The van der Waals surface area contributed by atoms with Crippen molar-refractivity contribution in [1.82, 2.24) is 0 Å². The highest BCUT2D eigenvalue weighted by Crippen LogP contribution is 2.43. The summed E-state index contributed by atoms with van der Waals surface area (Å²) in [6.07, 6.45) is 0.854. The molecule has 0 bridgehead atoms. The number of nitrogens with zero attached hydrogens (tertiary/aromatic N) is 1. The van der Waals surface area contributed by atoms with Crippen LogP contribution in [0.3, 0.4) is 0 Å². The average Bonchev–Trinajstić information content (AvgIpc) is 3.34. The number of aryl methyl sites for hydroxylation is 2. The van der Waals surface area contributed by atoms with Crippen molar-refractivity contribution in [1.29, 1.82) is 0 Å². The van der Waals surface area contributed by atoms with Crippen LogP contribution in [-0.4, -0.2) is 23.4 Å². The van der Waals surface area contributed by atoms with E-state index in [1.54, 1.807) is 55.5 Å². The monoisotopic (exact) mass is 431 g/mol. The summed E-state index contributed by atoms with van der Waals surface area (Å²) in [4.78, 5) is 27.7. The predicted molar refractivity (Wildman–Crippen MR) is 122 cm³/mol. The Morgan fingerprint density at radius 1 is 1.06 bits per heavy atom. The third-order valence-corrected chi connectivity index (χ3v) is 5.52. The molecule has 3 aromatic rings. The molecule has 1 saturated heterocycles. The van der Waals surface area contributed by atoms with Gasteiger partial charge in [0.15, 0.2) is 0 Å². The number of ketones is 1. The second-order valence-electron chi connectivity index (χ2n) is 7.60. The third kappa shape index (κ3) is 3.80. The van der Waals surface area contributed by atoms with Crippen LogP contribution in [0.15, 0.2) is 70.7 Å². The normalized spacial score (nSPS) is 17.7. The van der Waals surface area contributed by atoms with E-state index in [4.69, 9.17) is 9.15 Å². The van der Waals surface area contributed by atoms with E-state index in [1.807, 2.05) is 26.0 Å². The van der Waals surface area contributed by atoms with Crippen LogP contribution in [0.4, 0.5) is 5.69 Å². The zero-order valence-corrected chi connectivity index (χ0v) is 18.3. The van der Waals surface area contributed by atoms with Gasteiger partial charge in [0.2, 0.25) is 0 Å². The fraction of sp³-hybridized carbons (Fsp3) is 0.231. The van der Waals surface area contributed by atoms with Crippen molar-refractivity contribution in [2.75, 3.05) is 11.5 Å². The smallest absolute Gasteiger partial charge is 0.300 e. The number of Topliss-reactive ketones (excluding diaryl/α,β-unsaturated/α-hetero) is 1. The maximum Gasteiger partial charge on any atom is 0.300 e. The van der Waals surface area contributed by atoms with Gasteiger partial charge in [-0.3, -0.25) is 14.5 Å². The first-order valence-corrected chi connectivity index (χ1v) is 10.6. The standard InChI is InChI=1S/C26H25NO5/c1-4-17-10-12-18(13-11-17)24(28)22-23(21-14-9-16(3)32-21)27(26(30)25(22)29)19-7-6-8-20(15-19)31-5-2/h6-15,23,28H,4-5H2,1-3H3/b24-22-. The van der Waals surface area contributed by atoms with Crippen LogP contribution in [0.5, 0.6) is 5.75 Å². The van der Waals surface area contributed by atoms with Gasteiger partial charge in [-0.15, -0.1) is 0 Å². The number of carbonyl (C=O) groups is 2. The minimum Gasteiger partial charge on any atom is -0.507 e. The fourth-order valence-corrected chi connectivity index (χ4v) is 3.91. The highest BCUT2D eigenvalue weighted by atomic mass is 16.5. The molecule has 0 spiro atoms. The summed E-state index contributed by atoms with van der Waals surface area (Å²) in [5.41, 5.74) is 2.05. The SMILES string of the molecule is CCOc1cccc(N2C(=O)C(=O)/C(=C(\O)c3ccc(CC)cc3)C2c2ccc(C)o2)c1. The Balaban J connectivity index is 1.88. The van der Waals surface area contributed by atoms with Gasteiger partial charge in [0.1, 0.15) is 29.1 Å². The van der Waals surface area contributed by atoms with Crippen molar-refractivity contribution < 1.29 is 23.8 Å². The Labute approximate surface area is 186 Å². The summed E-state index contributed by atoms with van der Waals surface area (Å²) in [6.45, 7) is 6.16. The minimum atomic E-state index is -0.897. The van der Waals surface area contributed by atoms with Gasteiger partial charge < -0.3 is 14.3 Å². The van der Waals surface area contributed by atoms with Crippen molar-refractivity contribution >= 4 is 23.1 Å². The number of hydrogen-bond acceptors (Lipinski definition) is 5. The van der Waals surface area contributed by atoms with E-state index in [-0.39, 0.29) is 11.3 Å². The number of benzene rings is 2. The second kappa shape index (κ2) is 8.75. The van der Waals surface area contributed by atoms with Gasteiger partial charge >= 0.3 is 0 Å². The van der Waals surface area contributed by atoms with Gasteiger partial charge in [0.25, 0.3) is 11.7 Å². The van der Waals surface area contributed by atoms with Crippen LogP contribution in [0.1, 0.15) is 42.5 Å². The topological polar surface area (TPSA) is 80.0 Å². The van der Waals surface area contributed by atoms with Crippen molar-refractivity contribution in [3.8, 4) is 5.75 Å². The molecular weight excluding hydrogens is 406 g/mol. The maximum atomic E-state index is 13.2. The molecule has 1 atom stereocenters. The predicted octanol–water partition coefficient (Wildman–Crippen LogP) is 5.18. The molecule has 0 aliphatic carbocycles. The molecule has 1 aliphatic rings. The molecule has 0 saturated carbocycles. The lowest BCUT2D eigenvalue weighted by atomic mass is 9.98. The Morgan fingerprint density at radius 3 is 2.44 bits per heavy atom. The molecule has 1 aromatic heterocycles. The molecule has 32 heavy (non-hydrogen) atoms. The Bertz CT molecular complexity index is 1190. The summed E-state index contributed by atoms with van der Waals surface area (Å²) in [7, 11) is 0. The summed E-state index contributed by atoms with van der Waals surface area (Å²) in [6, 6.07) is 16.8. The van der Waals surface area contributed by atoms with Crippen molar-refractivity contribution in [2.45, 2.75) is 33.2 Å². The molecular formula is C26H25NO5. The molecule has 0 radical (unpaired) electrons. The Hall–Kier alpha value is -3.80. The molecule has 1 N–H and O–H groups in total. The summed E-state index contributed by atoms with van der Waals surface area (Å²) >= 11 is 0. The fourth-order valence-electron chi connectivity index (χ4n) is 3.91. The first-order chi connectivity index (χ1) is 15.4. The van der Waals surface area contributed by atoms with E-state index in [2.05, 4.69) is 0 Å². The van der Waals surface area contributed by atoms with Crippen LogP contribution in [-0.2, 0) is 16.0 Å². The number of rotatable bonds is 6. The molecule has 6 nitrogen and oxygen atoms in total. The van der Waals surface area contributed by atoms with Crippen molar-refractivity contribution in [2.24, 2.45) is 0 Å². The van der Waals surface area contributed by atoms with Gasteiger partial charge in [-0.25, -0.2) is 0 Å². The molecule has 2 heterocycles. The molecule has 2 aromatic carbocycles. The largest absolute Gasteiger partial charge is 0.507 e. The van der Waals surface area contributed by atoms with Crippen LogP contribution in [0.25, 0.3) is 5.76 Å². The van der Waals surface area contributed by atoms with Gasteiger partial charge in [-0.2, -0.15) is 0 Å². The number of ether oxygens (including phenoxy) is 1. The van der Waals surface area contributed by atoms with E-state index < -0.39 is 17.7 Å². The van der Waals surface area contributed by atoms with Crippen LogP contribution >= 0.6 is 0 Å². The van der Waals surface area contributed by atoms with Crippen molar-refractivity contribution in [3.05, 3.63) is 88.9 Å². The van der Waals surface area contributed by atoms with Gasteiger partial charge in [-0.05, 0) is 50.1 Å². The zero-order chi connectivity index (χ0) is 22.8. The lowest BCUT2D eigenvalue weighted by Crippen LogP contribution is -2.29. The molecule has 164 valence electrons. The van der Waals surface area contributed by atoms with E-state index >= 15 is 0 Å². The highest BCUT2D eigenvalue weighted by molar-refractivity contribution is 6.51. The second-order valence-corrected chi connectivity index (χ2v) is 7.60. The molecule has 4 rings (SSSR count). The van der Waals surface area contributed by atoms with Crippen LogP contribution in [0, 0.1) is 6.92 Å².